The molecule has 0 saturated heterocycles. The normalized spacial score (nSPS) is 15.0. The van der Waals surface area contributed by atoms with Crippen LogP contribution in [0.1, 0.15) is 13.8 Å². The quantitative estimate of drug-likeness (QED) is 0.499. The van der Waals surface area contributed by atoms with Crippen LogP contribution in [0.3, 0.4) is 0 Å². The van der Waals surface area contributed by atoms with Crippen molar-refractivity contribution in [2.45, 2.75) is 25.9 Å². The molecule has 0 aromatic heterocycles. The molecule has 0 aliphatic carbocycles. The average Bonchev–Trinajstić information content (AvgIpc) is 1.89. The monoisotopic (exact) mass is 144 g/mol. The van der Waals surface area contributed by atoms with Crippen molar-refractivity contribution in [1.82, 2.24) is 10.6 Å². The van der Waals surface area contributed by atoms with Gasteiger partial charge in [0.15, 0.2) is 0 Å². The van der Waals surface area contributed by atoms with Crippen LogP contribution in [0.5, 0.6) is 0 Å². The van der Waals surface area contributed by atoms with E-state index in [0.29, 0.717) is 12.8 Å². The van der Waals surface area contributed by atoms with Gasteiger partial charge in [-0.3, -0.25) is 9.59 Å². The van der Waals surface area contributed by atoms with Crippen molar-refractivity contribution in [3.8, 4) is 0 Å². The summed E-state index contributed by atoms with van der Waals surface area (Å²) in [5.41, 5.74) is 0. The SMILES string of the molecule is CC(NC=O)C(C)NC=O. The zero-order valence-electron chi connectivity index (χ0n) is 6.13. The van der Waals surface area contributed by atoms with E-state index in [-0.39, 0.29) is 12.1 Å². The average molecular weight is 144 g/mol. The van der Waals surface area contributed by atoms with Crippen molar-refractivity contribution < 1.29 is 9.59 Å². The van der Waals surface area contributed by atoms with Crippen LogP contribution < -0.4 is 10.6 Å². The second-order valence-corrected chi connectivity index (χ2v) is 2.15. The van der Waals surface area contributed by atoms with Gasteiger partial charge in [-0.1, -0.05) is 0 Å². The minimum Gasteiger partial charge on any atom is -0.354 e. The van der Waals surface area contributed by atoms with Gasteiger partial charge in [0.05, 0.1) is 0 Å². The Bertz CT molecular complexity index is 102. The highest BCUT2D eigenvalue weighted by molar-refractivity contribution is 5.49. The second kappa shape index (κ2) is 4.78. The van der Waals surface area contributed by atoms with Crippen LogP contribution in [-0.4, -0.2) is 24.9 Å². The number of rotatable bonds is 5. The Morgan fingerprint density at radius 2 is 1.30 bits per heavy atom. The summed E-state index contributed by atoms with van der Waals surface area (Å²) >= 11 is 0. The summed E-state index contributed by atoms with van der Waals surface area (Å²) in [7, 11) is 0. The van der Waals surface area contributed by atoms with Crippen LogP contribution in [0.4, 0.5) is 0 Å². The molecule has 0 heterocycles. The lowest BCUT2D eigenvalue weighted by atomic mass is 10.2. The van der Waals surface area contributed by atoms with Gasteiger partial charge in [-0.25, -0.2) is 0 Å². The lowest BCUT2D eigenvalue weighted by molar-refractivity contribution is -0.112. The van der Waals surface area contributed by atoms with Crippen molar-refractivity contribution in [2.75, 3.05) is 0 Å². The fourth-order valence-corrected chi connectivity index (χ4v) is 0.503. The molecule has 0 aliphatic rings. The van der Waals surface area contributed by atoms with Gasteiger partial charge in [-0.2, -0.15) is 0 Å². The van der Waals surface area contributed by atoms with Gasteiger partial charge >= 0.3 is 0 Å². The Kier molecular flexibility index (Phi) is 4.28. The summed E-state index contributed by atoms with van der Waals surface area (Å²) in [6, 6.07) is -0.0506. The lowest BCUT2D eigenvalue weighted by Crippen LogP contribution is -2.43. The Hall–Kier alpha value is -1.06. The highest BCUT2D eigenvalue weighted by atomic mass is 16.1. The van der Waals surface area contributed by atoms with Crippen molar-refractivity contribution in [3.05, 3.63) is 0 Å². The summed E-state index contributed by atoms with van der Waals surface area (Å²) < 4.78 is 0. The number of nitrogens with one attached hydrogen (secondary N) is 2. The fourth-order valence-electron chi connectivity index (χ4n) is 0.503. The van der Waals surface area contributed by atoms with Crippen molar-refractivity contribution in [3.63, 3.8) is 0 Å². The second-order valence-electron chi connectivity index (χ2n) is 2.15. The summed E-state index contributed by atoms with van der Waals surface area (Å²) in [4.78, 5) is 19.8. The number of carbonyl (C=O) groups excluding carboxylic acids is 2. The number of amides is 2. The summed E-state index contributed by atoms with van der Waals surface area (Å²) in [5.74, 6) is 0. The highest BCUT2D eigenvalue weighted by Gasteiger charge is 2.07. The Morgan fingerprint density at radius 1 is 1.00 bits per heavy atom. The smallest absolute Gasteiger partial charge is 0.207 e. The first kappa shape index (κ1) is 8.94. The molecule has 0 spiro atoms. The van der Waals surface area contributed by atoms with Gasteiger partial charge in [0, 0.05) is 12.1 Å². The van der Waals surface area contributed by atoms with Crippen LogP contribution in [0, 0.1) is 0 Å². The third-order valence-electron chi connectivity index (χ3n) is 1.41. The maximum Gasteiger partial charge on any atom is 0.207 e. The van der Waals surface area contributed by atoms with E-state index in [1.165, 1.54) is 0 Å². The zero-order chi connectivity index (χ0) is 7.98. The molecule has 0 aliphatic heterocycles. The zero-order valence-corrected chi connectivity index (χ0v) is 6.13. The number of carbonyl (C=O) groups is 2. The molecule has 0 rings (SSSR count). The van der Waals surface area contributed by atoms with Crippen LogP contribution >= 0.6 is 0 Å². The third-order valence-corrected chi connectivity index (χ3v) is 1.41. The predicted molar refractivity (Wildman–Crippen MR) is 37.3 cm³/mol. The first-order chi connectivity index (χ1) is 4.72. The minimum absolute atomic E-state index is 0.0253. The van der Waals surface area contributed by atoms with Crippen LogP contribution in [-0.2, 0) is 9.59 Å². The third kappa shape index (κ3) is 3.06. The molecule has 0 aromatic rings. The van der Waals surface area contributed by atoms with E-state index in [0.717, 1.165) is 0 Å². The molecular formula is C6H12N2O2. The van der Waals surface area contributed by atoms with Crippen molar-refractivity contribution >= 4 is 12.8 Å². The van der Waals surface area contributed by atoms with Crippen molar-refractivity contribution in [2.24, 2.45) is 0 Å². The van der Waals surface area contributed by atoms with Crippen LogP contribution in [0.2, 0.25) is 0 Å². The molecular weight excluding hydrogens is 132 g/mol. The van der Waals surface area contributed by atoms with E-state index in [2.05, 4.69) is 10.6 Å². The van der Waals surface area contributed by atoms with Gasteiger partial charge in [-0.05, 0) is 13.8 Å². The molecule has 4 heteroatoms. The van der Waals surface area contributed by atoms with E-state index in [4.69, 9.17) is 0 Å². The van der Waals surface area contributed by atoms with E-state index in [1.54, 1.807) is 0 Å². The van der Waals surface area contributed by atoms with Gasteiger partial charge in [0.1, 0.15) is 0 Å². The highest BCUT2D eigenvalue weighted by Crippen LogP contribution is 1.87. The van der Waals surface area contributed by atoms with Crippen LogP contribution in [0.15, 0.2) is 0 Å². The molecule has 2 amide bonds. The number of hydrogen-bond acceptors (Lipinski definition) is 2. The maximum atomic E-state index is 9.90. The molecule has 0 radical (unpaired) electrons. The number of hydrogen-bond donors (Lipinski definition) is 2. The lowest BCUT2D eigenvalue weighted by Gasteiger charge is -2.17. The van der Waals surface area contributed by atoms with E-state index in [1.807, 2.05) is 13.8 Å². The Balaban J connectivity index is 3.56. The van der Waals surface area contributed by atoms with Gasteiger partial charge in [0.25, 0.3) is 0 Å². The molecule has 0 saturated carbocycles. The van der Waals surface area contributed by atoms with Crippen molar-refractivity contribution in [1.29, 1.82) is 0 Å². The summed E-state index contributed by atoms with van der Waals surface area (Å²) in [6.07, 6.45) is 1.24. The molecule has 2 N–H and O–H groups in total. The maximum absolute atomic E-state index is 9.90. The molecule has 0 fully saturated rings. The molecule has 2 unspecified atom stereocenters. The molecule has 58 valence electrons. The Morgan fingerprint density at radius 3 is 1.50 bits per heavy atom. The van der Waals surface area contributed by atoms with Gasteiger partial charge in [-0.15, -0.1) is 0 Å². The standard InChI is InChI=1S/C6H12N2O2/c1-5(7-3-9)6(2)8-4-10/h3-6H,1-2H3,(H,7,9)(H,8,10). The largest absolute Gasteiger partial charge is 0.354 e. The Labute approximate surface area is 60.0 Å². The van der Waals surface area contributed by atoms with E-state index in [9.17, 15) is 9.59 Å². The molecule has 0 aromatic carbocycles. The van der Waals surface area contributed by atoms with E-state index < -0.39 is 0 Å². The minimum atomic E-state index is -0.0253. The summed E-state index contributed by atoms with van der Waals surface area (Å²) in [5, 5.41) is 5.06. The fraction of sp³-hybridized carbons (Fsp3) is 0.667. The molecule has 4 nitrogen and oxygen atoms in total. The predicted octanol–water partition coefficient (Wildman–Crippen LogP) is -0.745. The summed E-state index contributed by atoms with van der Waals surface area (Å²) in [6.45, 7) is 3.63. The van der Waals surface area contributed by atoms with Gasteiger partial charge in [0.2, 0.25) is 12.8 Å². The molecule has 0 bridgehead atoms. The van der Waals surface area contributed by atoms with E-state index >= 15 is 0 Å². The molecule has 2 atom stereocenters. The van der Waals surface area contributed by atoms with Gasteiger partial charge < -0.3 is 10.6 Å². The first-order valence-electron chi connectivity index (χ1n) is 3.11. The molecule has 10 heavy (non-hydrogen) atoms. The van der Waals surface area contributed by atoms with Crippen LogP contribution in [0.25, 0.3) is 0 Å². The first-order valence-corrected chi connectivity index (χ1v) is 3.11. The topological polar surface area (TPSA) is 58.2 Å².